The maximum atomic E-state index is 14.5. The molecule has 0 unspecified atom stereocenters. The van der Waals surface area contributed by atoms with Gasteiger partial charge in [0, 0.05) is 63.8 Å². The van der Waals surface area contributed by atoms with Crippen molar-refractivity contribution in [1.29, 1.82) is 21.6 Å². The van der Waals surface area contributed by atoms with Crippen LogP contribution in [0.3, 0.4) is 0 Å². The number of urea groups is 1. The van der Waals surface area contributed by atoms with Crippen molar-refractivity contribution >= 4 is 29.9 Å². The fourth-order valence-corrected chi connectivity index (χ4v) is 8.26. The van der Waals surface area contributed by atoms with Crippen LogP contribution in [-0.2, 0) is 0 Å². The number of allylic oxidation sites excluding steroid dienone is 4. The number of unbranched alkanes of at least 4 members (excludes halogenated alkanes) is 28. The Hall–Kier alpha value is -4.17. The van der Waals surface area contributed by atoms with Crippen LogP contribution in [0.25, 0.3) is 0 Å². The molecular weight excluding hydrogens is 849 g/mol. The minimum absolute atomic E-state index is 0.0557. The van der Waals surface area contributed by atoms with E-state index in [-0.39, 0.29) is 18.0 Å². The zero-order chi connectivity index (χ0) is 50.1. The summed E-state index contributed by atoms with van der Waals surface area (Å²) in [6, 6.07) is 0.263. The van der Waals surface area contributed by atoms with Crippen LogP contribution < -0.4 is 43.4 Å². The third kappa shape index (κ3) is 44.3. The molecule has 0 fully saturated rings. The van der Waals surface area contributed by atoms with E-state index < -0.39 is 0 Å². The first-order valence-electron chi connectivity index (χ1n) is 27.6. The molecule has 0 spiro atoms. The monoisotopic (exact) mass is 957 g/mol. The molecule has 0 rings (SSSR count). The maximum absolute atomic E-state index is 14.5. The molecule has 0 heterocycles. The van der Waals surface area contributed by atoms with Crippen molar-refractivity contribution in [2.75, 3.05) is 52.4 Å². The zero-order valence-corrected chi connectivity index (χ0v) is 44.4. The average molecular weight is 958 g/mol. The fraction of sp³-hybridized carbons (Fsp3) is 0.830. The molecule has 0 radical (unpaired) electrons. The third-order valence-electron chi connectivity index (χ3n) is 12.7. The van der Waals surface area contributed by atoms with Crippen LogP contribution in [0, 0.1) is 21.6 Å². The normalized spacial score (nSPS) is 11.5. The lowest BCUT2D eigenvalue weighted by Crippen LogP contribution is -2.45. The number of amides is 2. The number of guanidine groups is 4. The van der Waals surface area contributed by atoms with Crippen LogP contribution in [-0.4, -0.2) is 92.0 Å². The molecule has 0 aliphatic rings. The largest absolute Gasteiger partial charge is 0.370 e. The summed E-state index contributed by atoms with van der Waals surface area (Å²) >= 11 is 0. The van der Waals surface area contributed by atoms with Gasteiger partial charge in [-0.2, -0.15) is 0 Å². The van der Waals surface area contributed by atoms with E-state index in [9.17, 15) is 4.79 Å². The van der Waals surface area contributed by atoms with Crippen LogP contribution in [0.2, 0.25) is 0 Å². The van der Waals surface area contributed by atoms with Crippen molar-refractivity contribution in [2.45, 2.75) is 233 Å². The molecule has 14 N–H and O–H groups in total. The summed E-state index contributed by atoms with van der Waals surface area (Å²) in [5, 5.41) is 48.8. The molecule has 68 heavy (non-hydrogen) atoms. The lowest BCUT2D eigenvalue weighted by atomic mass is 10.1. The molecule has 0 aromatic rings. The first-order chi connectivity index (χ1) is 33.0. The molecule has 0 aromatic carbocycles. The number of hydrogen-bond acceptors (Lipinski definition) is 5. The van der Waals surface area contributed by atoms with Crippen molar-refractivity contribution < 1.29 is 4.79 Å². The highest BCUT2D eigenvalue weighted by Gasteiger charge is 2.20. The topological polar surface area (TPSA) is 243 Å². The van der Waals surface area contributed by atoms with Crippen LogP contribution >= 0.6 is 0 Å². The van der Waals surface area contributed by atoms with Crippen molar-refractivity contribution in [3.8, 4) is 0 Å². The standard InChI is InChI=1S/C53H108N14O/c1-5-47(3)64-51(58)62-41-33-25-17-9-13-21-29-37-45-66(43-35-27-19-11-7-15-23-31-39-60-49(54)55)53(68)67(44-36-28-20-12-8-16-24-32-40-61-50(56)57)46-38-30-22-14-10-18-26-34-42-63-52(59)65-48(4)6-2/h5-6H,7-46H2,1-4H3,(H4,54,55,60)(H4,56,57,61)(H3,58,62,64)(H3,59,63,65). The lowest BCUT2D eigenvalue weighted by molar-refractivity contribution is 0.148. The Labute approximate surface area is 417 Å². The highest BCUT2D eigenvalue weighted by Crippen LogP contribution is 2.16. The van der Waals surface area contributed by atoms with Gasteiger partial charge in [-0.15, -0.1) is 0 Å². The van der Waals surface area contributed by atoms with Gasteiger partial charge in [-0.1, -0.05) is 166 Å². The summed E-state index contributed by atoms with van der Waals surface area (Å²) in [5.41, 5.74) is 12.8. The van der Waals surface area contributed by atoms with Crippen LogP contribution in [0.1, 0.15) is 233 Å². The number of carbonyl (C=O) groups is 1. The minimum atomic E-state index is 0.0557. The third-order valence-corrected chi connectivity index (χ3v) is 12.7. The van der Waals surface area contributed by atoms with Crippen LogP contribution in [0.15, 0.2) is 23.5 Å². The fourth-order valence-electron chi connectivity index (χ4n) is 8.26. The first-order valence-corrected chi connectivity index (χ1v) is 27.6. The second-order valence-corrected chi connectivity index (χ2v) is 19.0. The smallest absolute Gasteiger partial charge is 0.319 e. The van der Waals surface area contributed by atoms with Crippen molar-refractivity contribution in [3.05, 3.63) is 23.5 Å². The van der Waals surface area contributed by atoms with E-state index in [1.807, 2.05) is 39.8 Å². The van der Waals surface area contributed by atoms with Gasteiger partial charge in [0.1, 0.15) is 0 Å². The predicted octanol–water partition coefficient (Wildman–Crippen LogP) is 11.2. The van der Waals surface area contributed by atoms with Gasteiger partial charge in [-0.25, -0.2) is 4.79 Å². The Kier molecular flexibility index (Phi) is 44.9. The quantitative estimate of drug-likeness (QED) is 0.0157. The van der Waals surface area contributed by atoms with Crippen molar-refractivity contribution in [1.82, 2.24) is 41.7 Å². The van der Waals surface area contributed by atoms with Gasteiger partial charge in [0.05, 0.1) is 0 Å². The van der Waals surface area contributed by atoms with Gasteiger partial charge < -0.3 is 53.2 Å². The number of rotatable bonds is 46. The minimum Gasteiger partial charge on any atom is -0.370 e. The van der Waals surface area contributed by atoms with Crippen LogP contribution in [0.5, 0.6) is 0 Å². The molecule has 2 amide bonds. The van der Waals surface area contributed by atoms with E-state index in [0.29, 0.717) is 11.9 Å². The van der Waals surface area contributed by atoms with Gasteiger partial charge in [0.2, 0.25) is 0 Å². The Morgan fingerprint density at radius 2 is 0.574 bits per heavy atom. The van der Waals surface area contributed by atoms with Crippen LogP contribution in [0.4, 0.5) is 4.79 Å². The van der Waals surface area contributed by atoms with E-state index >= 15 is 0 Å². The number of nitrogens with two attached hydrogens (primary N) is 2. The SMILES string of the molecule is CC=C(C)NC(=N)NCCCCCCCCCCN(CCCCCCCCCCNC(=N)N)C(=O)N(CCCCCCCCCCNC(=N)N)CCCCCCCCCCNC(=N)NC(C)=CC. The molecule has 15 heteroatoms. The summed E-state index contributed by atoms with van der Waals surface area (Å²) in [4.78, 5) is 18.9. The number of nitrogens with zero attached hydrogens (tertiary/aromatic N) is 2. The second-order valence-electron chi connectivity index (χ2n) is 19.0. The Balaban J connectivity index is 5.10. The lowest BCUT2D eigenvalue weighted by Gasteiger charge is -2.31. The Morgan fingerprint density at radius 1 is 0.368 bits per heavy atom. The highest BCUT2D eigenvalue weighted by molar-refractivity contribution is 5.78. The van der Waals surface area contributed by atoms with E-state index in [1.54, 1.807) is 0 Å². The molecule has 0 aliphatic carbocycles. The molecule has 396 valence electrons. The summed E-state index contributed by atoms with van der Waals surface area (Å²) in [6.45, 7) is 14.5. The molecule has 0 aromatic heterocycles. The molecule has 0 saturated carbocycles. The zero-order valence-electron chi connectivity index (χ0n) is 44.4. The summed E-state index contributed by atoms with van der Waals surface area (Å²) in [5.74, 6) is 0.861. The number of nitrogens with one attached hydrogen (secondary N) is 10. The summed E-state index contributed by atoms with van der Waals surface area (Å²) in [7, 11) is 0. The first kappa shape index (κ1) is 63.8. The van der Waals surface area contributed by atoms with Crippen molar-refractivity contribution in [3.63, 3.8) is 0 Å². The molecular formula is C53H108N14O. The molecule has 0 aliphatic heterocycles. The maximum Gasteiger partial charge on any atom is 0.319 e. The van der Waals surface area contributed by atoms with E-state index in [1.165, 1.54) is 154 Å². The Bertz CT molecular complexity index is 1230. The van der Waals surface area contributed by atoms with Gasteiger partial charge in [0.15, 0.2) is 23.8 Å². The number of hydrogen-bond donors (Lipinski definition) is 12. The van der Waals surface area contributed by atoms with Gasteiger partial charge in [-0.3, -0.25) is 21.6 Å². The number of carbonyl (C=O) groups excluding carboxylic acids is 1. The molecule has 0 saturated heterocycles. The molecule has 15 nitrogen and oxygen atoms in total. The molecule has 0 atom stereocenters. The highest BCUT2D eigenvalue weighted by atomic mass is 16.2. The van der Waals surface area contributed by atoms with E-state index in [2.05, 4.69) is 41.7 Å². The van der Waals surface area contributed by atoms with Gasteiger partial charge in [0.25, 0.3) is 0 Å². The van der Waals surface area contributed by atoms with Crippen molar-refractivity contribution in [2.24, 2.45) is 11.5 Å². The summed E-state index contributed by atoms with van der Waals surface area (Å²) < 4.78 is 0. The molecule has 0 bridgehead atoms. The van der Waals surface area contributed by atoms with Gasteiger partial charge >= 0.3 is 6.03 Å². The Morgan fingerprint density at radius 3 is 0.794 bits per heavy atom. The van der Waals surface area contributed by atoms with E-state index in [0.717, 1.165) is 115 Å². The average Bonchev–Trinajstić information content (AvgIpc) is 3.31. The van der Waals surface area contributed by atoms with Gasteiger partial charge in [-0.05, 0) is 79.1 Å². The predicted molar refractivity (Wildman–Crippen MR) is 293 cm³/mol. The second kappa shape index (κ2) is 47.9. The summed E-state index contributed by atoms with van der Waals surface area (Å²) in [6.07, 6.45) is 41.5. The van der Waals surface area contributed by atoms with E-state index in [4.69, 9.17) is 33.1 Å².